The number of esters is 3. The second-order valence-corrected chi connectivity index (χ2v) is 23.4. The topological polar surface area (TPSA) is 78.9 Å². The highest BCUT2D eigenvalue weighted by atomic mass is 16.6. The zero-order valence-electron chi connectivity index (χ0n) is 48.9. The standard InChI is InChI=1S/C65H126O6/c1-6-7-8-9-10-11-12-13-14-15-16-20-25-30-35-40-45-50-55-63(66)69-58-62(59-70-64(67)56-51-46-41-36-31-27-22-24-29-34-39-44-49-54-61(4)5)71-65(68)57-52-47-42-37-32-26-21-18-17-19-23-28-33-38-43-48-53-60(2)3/h60-62H,6-59H2,1-5H3/t62-/m0/s1. The highest BCUT2D eigenvalue weighted by Gasteiger charge is 2.19. The summed E-state index contributed by atoms with van der Waals surface area (Å²) in [5.41, 5.74) is 0. The monoisotopic (exact) mass is 1000 g/mol. The van der Waals surface area contributed by atoms with Gasteiger partial charge in [-0.15, -0.1) is 0 Å². The Hall–Kier alpha value is -1.59. The Kier molecular flexibility index (Phi) is 56.4. The fourth-order valence-corrected chi connectivity index (χ4v) is 10.1. The van der Waals surface area contributed by atoms with Crippen molar-refractivity contribution in [2.24, 2.45) is 11.8 Å². The van der Waals surface area contributed by atoms with E-state index in [1.807, 2.05) is 0 Å². The van der Waals surface area contributed by atoms with E-state index in [9.17, 15) is 14.4 Å². The molecule has 0 fully saturated rings. The molecule has 0 N–H and O–H groups in total. The van der Waals surface area contributed by atoms with Gasteiger partial charge >= 0.3 is 17.9 Å². The number of ether oxygens (including phenoxy) is 3. The largest absolute Gasteiger partial charge is 0.462 e. The average Bonchev–Trinajstić information content (AvgIpc) is 3.35. The predicted octanol–water partition coefficient (Wildman–Crippen LogP) is 21.6. The number of rotatable bonds is 59. The van der Waals surface area contributed by atoms with Crippen molar-refractivity contribution in [3.05, 3.63) is 0 Å². The Morgan fingerprint density at radius 2 is 0.465 bits per heavy atom. The third kappa shape index (κ3) is 59.2. The van der Waals surface area contributed by atoms with Gasteiger partial charge in [0.1, 0.15) is 13.2 Å². The lowest BCUT2D eigenvalue weighted by Gasteiger charge is -2.18. The Balaban J connectivity index is 4.29. The molecule has 422 valence electrons. The van der Waals surface area contributed by atoms with E-state index >= 15 is 0 Å². The summed E-state index contributed by atoms with van der Waals surface area (Å²) in [4.78, 5) is 38.3. The van der Waals surface area contributed by atoms with E-state index in [4.69, 9.17) is 14.2 Å². The first kappa shape index (κ1) is 69.4. The minimum Gasteiger partial charge on any atom is -0.462 e. The van der Waals surface area contributed by atoms with Gasteiger partial charge in [0.05, 0.1) is 0 Å². The van der Waals surface area contributed by atoms with Crippen LogP contribution in [-0.4, -0.2) is 37.2 Å². The molecule has 0 aromatic carbocycles. The van der Waals surface area contributed by atoms with Crippen molar-refractivity contribution in [2.75, 3.05) is 13.2 Å². The second kappa shape index (κ2) is 57.7. The molecule has 0 radical (unpaired) electrons. The fraction of sp³-hybridized carbons (Fsp3) is 0.954. The van der Waals surface area contributed by atoms with E-state index in [0.29, 0.717) is 19.3 Å². The zero-order valence-corrected chi connectivity index (χ0v) is 48.9. The van der Waals surface area contributed by atoms with Crippen LogP contribution in [-0.2, 0) is 28.6 Å². The summed E-state index contributed by atoms with van der Waals surface area (Å²) in [6.45, 7) is 11.5. The minimum atomic E-state index is -0.764. The van der Waals surface area contributed by atoms with Crippen molar-refractivity contribution in [2.45, 2.75) is 375 Å². The van der Waals surface area contributed by atoms with Crippen molar-refractivity contribution < 1.29 is 28.6 Å². The molecule has 0 rings (SSSR count). The summed E-state index contributed by atoms with van der Waals surface area (Å²) in [5, 5.41) is 0. The lowest BCUT2D eigenvalue weighted by molar-refractivity contribution is -0.167. The van der Waals surface area contributed by atoms with E-state index in [2.05, 4.69) is 34.6 Å². The van der Waals surface area contributed by atoms with E-state index in [-0.39, 0.29) is 31.1 Å². The summed E-state index contributed by atoms with van der Waals surface area (Å²) < 4.78 is 17.0. The summed E-state index contributed by atoms with van der Waals surface area (Å²) >= 11 is 0. The summed E-state index contributed by atoms with van der Waals surface area (Å²) in [5.74, 6) is 0.861. The first-order chi connectivity index (χ1) is 34.7. The van der Waals surface area contributed by atoms with Gasteiger partial charge in [0.2, 0.25) is 0 Å². The lowest BCUT2D eigenvalue weighted by atomic mass is 10.0. The van der Waals surface area contributed by atoms with Gasteiger partial charge in [-0.05, 0) is 31.1 Å². The van der Waals surface area contributed by atoms with Gasteiger partial charge in [0.25, 0.3) is 0 Å². The van der Waals surface area contributed by atoms with Crippen molar-refractivity contribution in [1.82, 2.24) is 0 Å². The van der Waals surface area contributed by atoms with Gasteiger partial charge < -0.3 is 14.2 Å². The third-order valence-corrected chi connectivity index (χ3v) is 15.0. The molecule has 1 atom stereocenters. The van der Waals surface area contributed by atoms with Crippen LogP contribution >= 0.6 is 0 Å². The molecule has 0 aromatic heterocycles. The van der Waals surface area contributed by atoms with Gasteiger partial charge in [-0.25, -0.2) is 0 Å². The van der Waals surface area contributed by atoms with Crippen LogP contribution in [0, 0.1) is 11.8 Å². The molecular formula is C65H126O6. The lowest BCUT2D eigenvalue weighted by Crippen LogP contribution is -2.30. The Bertz CT molecular complexity index is 1090. The number of hydrogen-bond acceptors (Lipinski definition) is 6. The number of carbonyl (C=O) groups excluding carboxylic acids is 3. The maximum Gasteiger partial charge on any atom is 0.306 e. The van der Waals surface area contributed by atoms with E-state index in [0.717, 1.165) is 69.6 Å². The molecule has 0 aromatic rings. The smallest absolute Gasteiger partial charge is 0.306 e. The van der Waals surface area contributed by atoms with Gasteiger partial charge in [-0.2, -0.15) is 0 Å². The molecule has 0 bridgehead atoms. The molecule has 0 amide bonds. The molecule has 0 spiro atoms. The van der Waals surface area contributed by atoms with Crippen molar-refractivity contribution in [1.29, 1.82) is 0 Å². The molecule has 6 heteroatoms. The fourth-order valence-electron chi connectivity index (χ4n) is 10.1. The van der Waals surface area contributed by atoms with Crippen LogP contribution in [0.25, 0.3) is 0 Å². The molecule has 0 aliphatic carbocycles. The highest BCUT2D eigenvalue weighted by molar-refractivity contribution is 5.71. The molecule has 0 unspecified atom stereocenters. The van der Waals surface area contributed by atoms with Crippen LogP contribution in [0.2, 0.25) is 0 Å². The van der Waals surface area contributed by atoms with Crippen LogP contribution in [0.1, 0.15) is 369 Å². The molecule has 71 heavy (non-hydrogen) atoms. The molecule has 6 nitrogen and oxygen atoms in total. The molecule has 0 heterocycles. The van der Waals surface area contributed by atoms with Crippen molar-refractivity contribution >= 4 is 17.9 Å². The van der Waals surface area contributed by atoms with E-state index in [1.165, 1.54) is 257 Å². The maximum absolute atomic E-state index is 12.9. The van der Waals surface area contributed by atoms with Crippen molar-refractivity contribution in [3.63, 3.8) is 0 Å². The molecule has 0 aliphatic heterocycles. The van der Waals surface area contributed by atoms with E-state index in [1.54, 1.807) is 0 Å². The first-order valence-corrected chi connectivity index (χ1v) is 32.2. The molecule has 0 saturated heterocycles. The normalized spacial score (nSPS) is 12.0. The Morgan fingerprint density at radius 1 is 0.268 bits per heavy atom. The highest BCUT2D eigenvalue weighted by Crippen LogP contribution is 2.19. The summed E-state index contributed by atoms with van der Waals surface area (Å²) in [6, 6.07) is 0. The molecular weight excluding hydrogens is 877 g/mol. The third-order valence-electron chi connectivity index (χ3n) is 15.0. The average molecular weight is 1000 g/mol. The number of unbranched alkanes of at least 4 members (excludes halogenated alkanes) is 44. The van der Waals surface area contributed by atoms with Crippen molar-refractivity contribution in [3.8, 4) is 0 Å². The summed E-state index contributed by atoms with van der Waals surface area (Å²) in [6.07, 6.45) is 63.9. The predicted molar refractivity (Wildman–Crippen MR) is 307 cm³/mol. The van der Waals surface area contributed by atoms with Crippen LogP contribution < -0.4 is 0 Å². The molecule has 0 aliphatic rings. The van der Waals surface area contributed by atoms with Crippen LogP contribution in [0.15, 0.2) is 0 Å². The minimum absolute atomic E-state index is 0.0617. The van der Waals surface area contributed by atoms with Crippen LogP contribution in [0.5, 0.6) is 0 Å². The van der Waals surface area contributed by atoms with Gasteiger partial charge in [0, 0.05) is 19.3 Å². The quantitative estimate of drug-likeness (QED) is 0.0343. The Morgan fingerprint density at radius 3 is 0.690 bits per heavy atom. The van der Waals surface area contributed by atoms with Gasteiger partial charge in [0.15, 0.2) is 6.10 Å². The van der Waals surface area contributed by atoms with Gasteiger partial charge in [-0.1, -0.05) is 330 Å². The first-order valence-electron chi connectivity index (χ1n) is 32.2. The SMILES string of the molecule is CCCCCCCCCCCCCCCCCCCCC(=O)OC[C@@H](COC(=O)CCCCCCCCCCCCCCCC(C)C)OC(=O)CCCCCCCCCCCCCCCCCCC(C)C. The summed E-state index contributed by atoms with van der Waals surface area (Å²) in [7, 11) is 0. The number of carbonyl (C=O) groups is 3. The second-order valence-electron chi connectivity index (χ2n) is 23.4. The zero-order chi connectivity index (χ0) is 51.8. The maximum atomic E-state index is 12.9. The Labute approximate surface area is 444 Å². The van der Waals surface area contributed by atoms with Crippen LogP contribution in [0.4, 0.5) is 0 Å². The number of hydrogen-bond donors (Lipinski definition) is 0. The van der Waals surface area contributed by atoms with E-state index < -0.39 is 6.10 Å². The van der Waals surface area contributed by atoms with Crippen LogP contribution in [0.3, 0.4) is 0 Å². The molecule has 0 saturated carbocycles. The van der Waals surface area contributed by atoms with Gasteiger partial charge in [-0.3, -0.25) is 14.4 Å².